The Bertz CT molecular complexity index is 76.2. The van der Waals surface area contributed by atoms with Gasteiger partial charge in [-0.05, 0) is 12.8 Å². The lowest BCUT2D eigenvalue weighted by Gasteiger charge is -2.00. The molecule has 0 aromatic carbocycles. The fraction of sp³-hybridized carbons (Fsp3) is 1.00. The smallest absolute Gasteiger partial charge is 0.0462 e. The Kier molecular flexibility index (Phi) is 12.9. The molecule has 0 radical (unpaired) electrons. The summed E-state index contributed by atoms with van der Waals surface area (Å²) in [5.41, 5.74) is 0. The highest BCUT2D eigenvalue weighted by Crippen LogP contribution is 2.09. The lowest BCUT2D eigenvalue weighted by molar-refractivity contribution is 0.192. The molecule has 0 aliphatic carbocycles. The van der Waals surface area contributed by atoms with Gasteiger partial charge >= 0.3 is 0 Å². The van der Waals surface area contributed by atoms with Crippen molar-refractivity contribution in [1.82, 2.24) is 0 Å². The van der Waals surface area contributed by atoms with Crippen LogP contribution in [0.2, 0.25) is 0 Å². The summed E-state index contributed by atoms with van der Waals surface area (Å²) in [6, 6.07) is 0. The fourth-order valence-electron chi connectivity index (χ4n) is 1.40. The van der Waals surface area contributed by atoms with Crippen LogP contribution in [0.3, 0.4) is 0 Å². The Labute approximate surface area is 91.4 Å². The summed E-state index contributed by atoms with van der Waals surface area (Å²) < 4.78 is 5.00. The summed E-state index contributed by atoms with van der Waals surface area (Å²) in [6.45, 7) is 0.934. The lowest BCUT2D eigenvalue weighted by Crippen LogP contribution is -1.88. The molecule has 0 aliphatic heterocycles. The van der Waals surface area contributed by atoms with Crippen LogP contribution in [-0.2, 0) is 4.74 Å². The standard InChI is InChI=1S/C11H23BrO/c1-13-11-9-7-5-3-2-4-6-8-10-12/h2-11H2,1H3. The molecule has 0 saturated heterocycles. The Morgan fingerprint density at radius 3 is 1.69 bits per heavy atom. The predicted molar refractivity (Wildman–Crippen MR) is 62.6 cm³/mol. The molecule has 1 nitrogen and oxygen atoms in total. The molecule has 0 amide bonds. The zero-order chi connectivity index (χ0) is 9.78. The highest BCUT2D eigenvalue weighted by molar-refractivity contribution is 9.09. The van der Waals surface area contributed by atoms with Crippen molar-refractivity contribution in [3.05, 3.63) is 0 Å². The molecule has 0 unspecified atom stereocenters. The zero-order valence-electron chi connectivity index (χ0n) is 8.86. The summed E-state index contributed by atoms with van der Waals surface area (Å²) >= 11 is 3.45. The van der Waals surface area contributed by atoms with Crippen molar-refractivity contribution >= 4 is 15.9 Å². The van der Waals surface area contributed by atoms with Crippen LogP contribution >= 0.6 is 15.9 Å². The average molecular weight is 251 g/mol. The van der Waals surface area contributed by atoms with Gasteiger partial charge in [-0.25, -0.2) is 0 Å². The molecule has 0 aromatic heterocycles. The molecule has 0 rings (SSSR count). The zero-order valence-corrected chi connectivity index (χ0v) is 10.4. The lowest BCUT2D eigenvalue weighted by atomic mass is 10.1. The first-order valence-corrected chi connectivity index (χ1v) is 6.59. The van der Waals surface area contributed by atoms with Gasteiger partial charge in [0.2, 0.25) is 0 Å². The van der Waals surface area contributed by atoms with E-state index in [0.29, 0.717) is 0 Å². The number of rotatable bonds is 10. The van der Waals surface area contributed by atoms with E-state index >= 15 is 0 Å². The first-order valence-electron chi connectivity index (χ1n) is 5.46. The molecule has 0 saturated carbocycles. The third-order valence-corrected chi connectivity index (χ3v) is 2.79. The Hall–Kier alpha value is 0.440. The number of alkyl halides is 1. The number of hydrogen-bond acceptors (Lipinski definition) is 1. The van der Waals surface area contributed by atoms with Gasteiger partial charge in [-0.2, -0.15) is 0 Å². The number of methoxy groups -OCH3 is 1. The van der Waals surface area contributed by atoms with Crippen molar-refractivity contribution in [2.45, 2.75) is 51.4 Å². The molecule has 0 aliphatic rings. The van der Waals surface area contributed by atoms with E-state index < -0.39 is 0 Å². The summed E-state index contributed by atoms with van der Waals surface area (Å²) in [5, 5.41) is 1.17. The summed E-state index contributed by atoms with van der Waals surface area (Å²) in [7, 11) is 1.78. The van der Waals surface area contributed by atoms with Crippen LogP contribution in [0, 0.1) is 0 Å². The van der Waals surface area contributed by atoms with E-state index in [1.54, 1.807) is 7.11 Å². The minimum atomic E-state index is 0.934. The second-order valence-electron chi connectivity index (χ2n) is 3.51. The van der Waals surface area contributed by atoms with Crippen LogP contribution in [-0.4, -0.2) is 19.0 Å². The van der Waals surface area contributed by atoms with E-state index in [0.717, 1.165) is 6.61 Å². The molecule has 0 heterocycles. The van der Waals surface area contributed by atoms with E-state index in [2.05, 4.69) is 15.9 Å². The minimum absolute atomic E-state index is 0.934. The van der Waals surface area contributed by atoms with E-state index in [1.807, 2.05) is 0 Å². The molecule has 13 heavy (non-hydrogen) atoms. The van der Waals surface area contributed by atoms with Gasteiger partial charge < -0.3 is 4.74 Å². The van der Waals surface area contributed by atoms with Crippen LogP contribution in [0.1, 0.15) is 51.4 Å². The molecule has 2 heteroatoms. The highest BCUT2D eigenvalue weighted by atomic mass is 79.9. The van der Waals surface area contributed by atoms with E-state index in [-0.39, 0.29) is 0 Å². The first-order chi connectivity index (χ1) is 6.41. The molecule has 0 atom stereocenters. The largest absolute Gasteiger partial charge is 0.385 e. The summed E-state index contributed by atoms with van der Waals surface area (Å²) in [4.78, 5) is 0. The quantitative estimate of drug-likeness (QED) is 0.418. The van der Waals surface area contributed by atoms with E-state index in [4.69, 9.17) is 4.74 Å². The maximum absolute atomic E-state index is 5.00. The maximum atomic E-state index is 5.00. The van der Waals surface area contributed by atoms with Crippen molar-refractivity contribution in [3.63, 3.8) is 0 Å². The van der Waals surface area contributed by atoms with Gasteiger partial charge in [-0.15, -0.1) is 0 Å². The first kappa shape index (κ1) is 13.4. The van der Waals surface area contributed by atoms with Gasteiger partial charge in [-0.3, -0.25) is 0 Å². The van der Waals surface area contributed by atoms with Crippen molar-refractivity contribution in [2.75, 3.05) is 19.0 Å². The van der Waals surface area contributed by atoms with E-state index in [1.165, 1.54) is 56.7 Å². The molecule has 0 bridgehead atoms. The molecular formula is C11H23BrO. The Morgan fingerprint density at radius 1 is 0.769 bits per heavy atom. The van der Waals surface area contributed by atoms with Gasteiger partial charge in [0.1, 0.15) is 0 Å². The van der Waals surface area contributed by atoms with Crippen LogP contribution in [0.5, 0.6) is 0 Å². The van der Waals surface area contributed by atoms with E-state index in [9.17, 15) is 0 Å². The monoisotopic (exact) mass is 250 g/mol. The number of unbranched alkanes of at least 4 members (excludes halogenated alkanes) is 7. The highest BCUT2D eigenvalue weighted by Gasteiger charge is 1.91. The average Bonchev–Trinajstić information content (AvgIpc) is 2.16. The van der Waals surface area contributed by atoms with Crippen molar-refractivity contribution in [3.8, 4) is 0 Å². The SMILES string of the molecule is COCCCCCCCCCCBr. The van der Waals surface area contributed by atoms with Gasteiger partial charge in [0, 0.05) is 19.0 Å². The second-order valence-corrected chi connectivity index (χ2v) is 4.30. The third-order valence-electron chi connectivity index (χ3n) is 2.23. The van der Waals surface area contributed by atoms with Crippen molar-refractivity contribution < 1.29 is 4.74 Å². The number of hydrogen-bond donors (Lipinski definition) is 0. The van der Waals surface area contributed by atoms with Crippen molar-refractivity contribution in [2.24, 2.45) is 0 Å². The number of halogens is 1. The second kappa shape index (κ2) is 12.4. The molecule has 0 aromatic rings. The molecule has 0 N–H and O–H groups in total. The fourth-order valence-corrected chi connectivity index (χ4v) is 1.80. The molecular weight excluding hydrogens is 228 g/mol. The predicted octanol–water partition coefficient (Wildman–Crippen LogP) is 4.15. The maximum Gasteiger partial charge on any atom is 0.0462 e. The molecule has 0 fully saturated rings. The summed E-state index contributed by atoms with van der Waals surface area (Å²) in [6.07, 6.45) is 10.9. The van der Waals surface area contributed by atoms with Crippen LogP contribution in [0.15, 0.2) is 0 Å². The van der Waals surface area contributed by atoms with Gasteiger partial charge in [-0.1, -0.05) is 54.5 Å². The molecule has 0 spiro atoms. The summed E-state index contributed by atoms with van der Waals surface area (Å²) in [5.74, 6) is 0. The molecule has 80 valence electrons. The van der Waals surface area contributed by atoms with Gasteiger partial charge in [0.25, 0.3) is 0 Å². The number of ether oxygens (including phenoxy) is 1. The Morgan fingerprint density at radius 2 is 1.23 bits per heavy atom. The van der Waals surface area contributed by atoms with Gasteiger partial charge in [0.05, 0.1) is 0 Å². The normalized spacial score (nSPS) is 10.6. The Balaban J connectivity index is 2.76. The van der Waals surface area contributed by atoms with Crippen LogP contribution in [0.4, 0.5) is 0 Å². The van der Waals surface area contributed by atoms with Crippen molar-refractivity contribution in [1.29, 1.82) is 0 Å². The van der Waals surface area contributed by atoms with Gasteiger partial charge in [0.15, 0.2) is 0 Å². The minimum Gasteiger partial charge on any atom is -0.385 e. The third kappa shape index (κ3) is 12.4. The van der Waals surface area contributed by atoms with Crippen LogP contribution in [0.25, 0.3) is 0 Å². The van der Waals surface area contributed by atoms with Crippen LogP contribution < -0.4 is 0 Å². The topological polar surface area (TPSA) is 9.23 Å².